The van der Waals surface area contributed by atoms with Crippen molar-refractivity contribution in [3.63, 3.8) is 0 Å². The molecular weight excluding hydrogens is 266 g/mol. The summed E-state index contributed by atoms with van der Waals surface area (Å²) < 4.78 is 0.836. The molecule has 0 spiro atoms. The van der Waals surface area contributed by atoms with Crippen LogP contribution in [-0.2, 0) is 6.42 Å². The van der Waals surface area contributed by atoms with Gasteiger partial charge in [0.2, 0.25) is 0 Å². The second-order valence-corrected chi connectivity index (χ2v) is 6.01. The van der Waals surface area contributed by atoms with E-state index in [1.807, 2.05) is 12.1 Å². The second-order valence-electron chi connectivity index (χ2n) is 4.21. The van der Waals surface area contributed by atoms with Crippen LogP contribution in [0.5, 0.6) is 0 Å². The van der Waals surface area contributed by atoms with E-state index in [2.05, 4.69) is 17.2 Å². The summed E-state index contributed by atoms with van der Waals surface area (Å²) in [4.78, 5) is 5.56. The standard InChI is InChI=1S/C13H22ClN3S/c1-2-3-4-5-9-16-13(15)17-10-8-11-6-7-12(14)18-11/h6-7H,2-5,8-10H2,1H3,(H3,15,16,17). The molecule has 102 valence electrons. The number of halogens is 1. The molecule has 0 saturated heterocycles. The monoisotopic (exact) mass is 287 g/mol. The number of nitrogens with one attached hydrogen (secondary N) is 1. The Hall–Kier alpha value is -0.740. The second kappa shape index (κ2) is 9.22. The zero-order valence-electron chi connectivity index (χ0n) is 10.9. The molecule has 0 aromatic carbocycles. The molecule has 3 nitrogen and oxygen atoms in total. The van der Waals surface area contributed by atoms with Crippen LogP contribution < -0.4 is 11.1 Å². The first-order valence-electron chi connectivity index (χ1n) is 6.50. The summed E-state index contributed by atoms with van der Waals surface area (Å²) >= 11 is 7.47. The number of unbranched alkanes of at least 4 members (excludes halogenated alkanes) is 3. The third-order valence-electron chi connectivity index (χ3n) is 2.60. The number of aliphatic imine (C=N–C) groups is 1. The predicted octanol–water partition coefficient (Wildman–Crippen LogP) is 3.43. The predicted molar refractivity (Wildman–Crippen MR) is 81.7 cm³/mol. The Morgan fingerprint density at radius 2 is 2.22 bits per heavy atom. The minimum absolute atomic E-state index is 0.550. The van der Waals surface area contributed by atoms with E-state index in [1.54, 1.807) is 11.3 Å². The number of nitrogens with zero attached hydrogens (tertiary/aromatic N) is 1. The van der Waals surface area contributed by atoms with Crippen LogP contribution in [0.4, 0.5) is 0 Å². The highest BCUT2D eigenvalue weighted by Gasteiger charge is 1.98. The number of guanidine groups is 1. The Morgan fingerprint density at radius 1 is 1.39 bits per heavy atom. The molecule has 0 saturated carbocycles. The normalized spacial score (nSPS) is 11.8. The Balaban J connectivity index is 2.08. The molecular formula is C13H22ClN3S. The van der Waals surface area contributed by atoms with Crippen molar-refractivity contribution in [2.45, 2.75) is 39.0 Å². The van der Waals surface area contributed by atoms with Gasteiger partial charge in [0.05, 0.1) is 4.34 Å². The molecule has 1 aromatic heterocycles. The summed E-state index contributed by atoms with van der Waals surface area (Å²) in [6.45, 7) is 3.83. The number of hydrogen-bond donors (Lipinski definition) is 2. The first kappa shape index (κ1) is 15.3. The third kappa shape index (κ3) is 6.87. The van der Waals surface area contributed by atoms with Gasteiger partial charge < -0.3 is 11.1 Å². The fourth-order valence-corrected chi connectivity index (χ4v) is 2.68. The molecule has 1 aromatic rings. The molecule has 0 atom stereocenters. The first-order valence-corrected chi connectivity index (χ1v) is 7.70. The van der Waals surface area contributed by atoms with Crippen LogP contribution in [0.1, 0.15) is 37.5 Å². The van der Waals surface area contributed by atoms with Gasteiger partial charge in [0.15, 0.2) is 5.96 Å². The Bertz CT molecular complexity index is 363. The van der Waals surface area contributed by atoms with Crippen molar-refractivity contribution < 1.29 is 0 Å². The van der Waals surface area contributed by atoms with Gasteiger partial charge in [-0.1, -0.05) is 37.8 Å². The van der Waals surface area contributed by atoms with Crippen molar-refractivity contribution in [2.75, 3.05) is 13.1 Å². The highest BCUT2D eigenvalue weighted by atomic mass is 35.5. The first-order chi connectivity index (χ1) is 8.72. The summed E-state index contributed by atoms with van der Waals surface area (Å²) in [5.41, 5.74) is 5.77. The van der Waals surface area contributed by atoms with Gasteiger partial charge in [0.1, 0.15) is 0 Å². The maximum atomic E-state index is 5.86. The Labute approximate surface area is 118 Å². The van der Waals surface area contributed by atoms with Gasteiger partial charge in [-0.15, -0.1) is 11.3 Å². The van der Waals surface area contributed by atoms with Crippen molar-refractivity contribution in [1.29, 1.82) is 0 Å². The zero-order valence-corrected chi connectivity index (χ0v) is 12.5. The van der Waals surface area contributed by atoms with Crippen LogP contribution in [0.15, 0.2) is 17.1 Å². The molecule has 0 radical (unpaired) electrons. The van der Waals surface area contributed by atoms with E-state index in [-0.39, 0.29) is 0 Å². The van der Waals surface area contributed by atoms with Crippen molar-refractivity contribution in [2.24, 2.45) is 10.7 Å². The van der Waals surface area contributed by atoms with Crippen LogP contribution >= 0.6 is 22.9 Å². The molecule has 1 heterocycles. The van der Waals surface area contributed by atoms with E-state index in [0.29, 0.717) is 5.96 Å². The minimum Gasteiger partial charge on any atom is -0.370 e. The molecule has 0 aliphatic heterocycles. The zero-order chi connectivity index (χ0) is 13.2. The lowest BCUT2D eigenvalue weighted by Crippen LogP contribution is -2.33. The molecule has 3 N–H and O–H groups in total. The smallest absolute Gasteiger partial charge is 0.188 e. The van der Waals surface area contributed by atoms with Crippen LogP contribution in [0, 0.1) is 0 Å². The van der Waals surface area contributed by atoms with Gasteiger partial charge in [-0.2, -0.15) is 0 Å². The highest BCUT2D eigenvalue weighted by molar-refractivity contribution is 7.16. The van der Waals surface area contributed by atoms with Gasteiger partial charge in [-0.25, -0.2) is 0 Å². The molecule has 18 heavy (non-hydrogen) atoms. The lowest BCUT2D eigenvalue weighted by molar-refractivity contribution is 0.673. The number of hydrogen-bond acceptors (Lipinski definition) is 2. The van der Waals surface area contributed by atoms with Crippen molar-refractivity contribution in [3.05, 3.63) is 21.3 Å². The summed E-state index contributed by atoms with van der Waals surface area (Å²) in [6, 6.07) is 3.97. The molecule has 0 fully saturated rings. The maximum absolute atomic E-state index is 5.86. The fraction of sp³-hybridized carbons (Fsp3) is 0.615. The summed E-state index contributed by atoms with van der Waals surface area (Å²) in [5.74, 6) is 0.550. The highest BCUT2D eigenvalue weighted by Crippen LogP contribution is 2.21. The molecule has 0 bridgehead atoms. The van der Waals surface area contributed by atoms with Crippen molar-refractivity contribution in [1.82, 2.24) is 5.32 Å². The fourth-order valence-electron chi connectivity index (χ4n) is 1.59. The summed E-state index contributed by atoms with van der Waals surface area (Å²) in [7, 11) is 0. The molecule has 5 heteroatoms. The maximum Gasteiger partial charge on any atom is 0.188 e. The summed E-state index contributed by atoms with van der Waals surface area (Å²) in [6.07, 6.45) is 5.82. The SMILES string of the molecule is CCCCCCN=C(N)NCCc1ccc(Cl)s1. The lowest BCUT2D eigenvalue weighted by Gasteiger charge is -2.04. The van der Waals surface area contributed by atoms with Crippen LogP contribution in [0.2, 0.25) is 4.34 Å². The molecule has 1 rings (SSSR count). The van der Waals surface area contributed by atoms with Crippen LogP contribution in [0.3, 0.4) is 0 Å². The Morgan fingerprint density at radius 3 is 2.89 bits per heavy atom. The van der Waals surface area contributed by atoms with Gasteiger partial charge in [-0.05, 0) is 25.0 Å². The number of rotatable bonds is 8. The van der Waals surface area contributed by atoms with E-state index < -0.39 is 0 Å². The van der Waals surface area contributed by atoms with Gasteiger partial charge in [0, 0.05) is 18.0 Å². The topological polar surface area (TPSA) is 50.4 Å². The third-order valence-corrected chi connectivity index (χ3v) is 3.89. The van der Waals surface area contributed by atoms with E-state index in [9.17, 15) is 0 Å². The van der Waals surface area contributed by atoms with Gasteiger partial charge in [-0.3, -0.25) is 4.99 Å². The number of nitrogens with two attached hydrogens (primary N) is 1. The van der Waals surface area contributed by atoms with Crippen molar-refractivity contribution >= 4 is 28.9 Å². The van der Waals surface area contributed by atoms with E-state index in [0.717, 1.165) is 30.3 Å². The minimum atomic E-state index is 0.550. The van der Waals surface area contributed by atoms with Crippen LogP contribution in [0.25, 0.3) is 0 Å². The van der Waals surface area contributed by atoms with E-state index in [1.165, 1.54) is 24.1 Å². The Kier molecular flexibility index (Phi) is 7.85. The van der Waals surface area contributed by atoms with Gasteiger partial charge in [0.25, 0.3) is 0 Å². The largest absolute Gasteiger partial charge is 0.370 e. The molecule has 0 aliphatic rings. The molecule has 0 aliphatic carbocycles. The van der Waals surface area contributed by atoms with Crippen LogP contribution in [-0.4, -0.2) is 19.0 Å². The van der Waals surface area contributed by atoms with Crippen molar-refractivity contribution in [3.8, 4) is 0 Å². The lowest BCUT2D eigenvalue weighted by atomic mass is 10.2. The number of thiophene rings is 1. The summed E-state index contributed by atoms with van der Waals surface area (Å²) in [5, 5.41) is 3.12. The molecule has 0 unspecified atom stereocenters. The average Bonchev–Trinajstić information content (AvgIpc) is 2.75. The van der Waals surface area contributed by atoms with E-state index in [4.69, 9.17) is 17.3 Å². The van der Waals surface area contributed by atoms with E-state index >= 15 is 0 Å². The van der Waals surface area contributed by atoms with Gasteiger partial charge >= 0.3 is 0 Å². The quantitative estimate of drug-likeness (QED) is 0.437. The molecule has 0 amide bonds. The average molecular weight is 288 g/mol.